The Morgan fingerprint density at radius 2 is 2.36 bits per heavy atom. The van der Waals surface area contributed by atoms with Crippen molar-refractivity contribution in [2.75, 3.05) is 13.7 Å². The Bertz CT molecular complexity index is 259. The van der Waals surface area contributed by atoms with Crippen LogP contribution in [0.4, 0.5) is 0 Å². The molecule has 1 aliphatic heterocycles. The molecule has 1 fully saturated rings. The van der Waals surface area contributed by atoms with Crippen molar-refractivity contribution in [3.05, 3.63) is 11.8 Å². The average molecular weight is 196 g/mol. The van der Waals surface area contributed by atoms with Gasteiger partial charge in [-0.25, -0.2) is 0 Å². The van der Waals surface area contributed by atoms with Crippen molar-refractivity contribution in [3.8, 4) is 0 Å². The molecule has 0 spiro atoms. The molecule has 2 aliphatic rings. The molecule has 2 unspecified atom stereocenters. The van der Waals surface area contributed by atoms with Crippen LogP contribution in [0.5, 0.6) is 0 Å². The maximum Gasteiger partial charge on any atom is 0.122 e. The number of hydrogen-bond acceptors (Lipinski definition) is 4. The molecule has 2 rings (SSSR count). The third kappa shape index (κ3) is 2.03. The summed E-state index contributed by atoms with van der Waals surface area (Å²) in [5, 5.41) is 0. The number of rotatable bonds is 4. The standard InChI is InChI=1S/C10H16N2O2/c1-13-9-6-12-5-7(4-11)10(9)14-8-2-3-8/h5-6,8-10H,2-4,11H2,1H3. The van der Waals surface area contributed by atoms with Gasteiger partial charge in [0.15, 0.2) is 0 Å². The van der Waals surface area contributed by atoms with Crippen molar-refractivity contribution >= 4 is 6.21 Å². The van der Waals surface area contributed by atoms with Gasteiger partial charge >= 0.3 is 0 Å². The van der Waals surface area contributed by atoms with E-state index in [4.69, 9.17) is 15.2 Å². The molecule has 2 atom stereocenters. The summed E-state index contributed by atoms with van der Waals surface area (Å²) in [7, 11) is 1.67. The predicted octanol–water partition coefficient (Wildman–Crippen LogP) is 0.476. The highest BCUT2D eigenvalue weighted by atomic mass is 16.5. The van der Waals surface area contributed by atoms with Crippen LogP contribution in [0.2, 0.25) is 0 Å². The summed E-state index contributed by atoms with van der Waals surface area (Å²) in [4.78, 5) is 4.09. The molecule has 2 N–H and O–H groups in total. The highest BCUT2D eigenvalue weighted by Gasteiger charge is 2.33. The number of aliphatic imine (C=N–C) groups is 1. The number of hydrogen-bond donors (Lipinski definition) is 1. The first-order valence-corrected chi connectivity index (χ1v) is 4.95. The second kappa shape index (κ2) is 4.21. The Morgan fingerprint density at radius 3 is 2.93 bits per heavy atom. The van der Waals surface area contributed by atoms with Crippen LogP contribution in [0.1, 0.15) is 12.8 Å². The van der Waals surface area contributed by atoms with E-state index in [2.05, 4.69) is 4.99 Å². The van der Waals surface area contributed by atoms with Crippen LogP contribution in [-0.2, 0) is 9.47 Å². The molecule has 0 saturated heterocycles. The smallest absolute Gasteiger partial charge is 0.122 e. The van der Waals surface area contributed by atoms with E-state index in [0.717, 1.165) is 18.4 Å². The number of nitrogens with zero attached hydrogens (tertiary/aromatic N) is 1. The maximum atomic E-state index is 5.84. The van der Waals surface area contributed by atoms with Gasteiger partial charge in [-0.2, -0.15) is 0 Å². The molecule has 0 bridgehead atoms. The van der Waals surface area contributed by atoms with Crippen LogP contribution in [0.15, 0.2) is 16.8 Å². The van der Waals surface area contributed by atoms with Crippen LogP contribution in [0.25, 0.3) is 0 Å². The van der Waals surface area contributed by atoms with Crippen LogP contribution in [0, 0.1) is 0 Å². The minimum atomic E-state index is -0.0841. The SMILES string of the molecule is COC1C=NC=C(CN)C1OC1CC1. The summed E-state index contributed by atoms with van der Waals surface area (Å²) in [6, 6.07) is 0. The third-order valence-electron chi connectivity index (χ3n) is 2.51. The zero-order valence-corrected chi connectivity index (χ0v) is 8.35. The van der Waals surface area contributed by atoms with E-state index < -0.39 is 0 Å². The highest BCUT2D eigenvalue weighted by molar-refractivity contribution is 5.67. The summed E-state index contributed by atoms with van der Waals surface area (Å²) in [6.45, 7) is 0.481. The lowest BCUT2D eigenvalue weighted by molar-refractivity contribution is -0.0154. The fraction of sp³-hybridized carbons (Fsp3) is 0.700. The van der Waals surface area contributed by atoms with E-state index in [9.17, 15) is 0 Å². The topological polar surface area (TPSA) is 56.8 Å². The molecule has 78 valence electrons. The van der Waals surface area contributed by atoms with E-state index in [1.807, 2.05) is 0 Å². The van der Waals surface area contributed by atoms with E-state index in [0.29, 0.717) is 12.6 Å². The van der Waals surface area contributed by atoms with Crippen molar-refractivity contribution in [1.82, 2.24) is 0 Å². The first-order chi connectivity index (χ1) is 6.85. The molecule has 0 aromatic rings. The lowest BCUT2D eigenvalue weighted by Gasteiger charge is -2.27. The Labute approximate surface area is 83.8 Å². The Kier molecular flexibility index (Phi) is 2.96. The average Bonchev–Trinajstić information content (AvgIpc) is 3.02. The van der Waals surface area contributed by atoms with Gasteiger partial charge in [0.25, 0.3) is 0 Å². The largest absolute Gasteiger partial charge is 0.373 e. The van der Waals surface area contributed by atoms with Crippen molar-refractivity contribution in [2.45, 2.75) is 31.2 Å². The molecule has 4 heteroatoms. The second-order valence-corrected chi connectivity index (χ2v) is 3.66. The molecule has 0 aromatic carbocycles. The minimum Gasteiger partial charge on any atom is -0.373 e. The number of ether oxygens (including phenoxy) is 2. The molecule has 0 radical (unpaired) electrons. The maximum absolute atomic E-state index is 5.84. The van der Waals surface area contributed by atoms with Crippen molar-refractivity contribution in [2.24, 2.45) is 10.7 Å². The Morgan fingerprint density at radius 1 is 1.57 bits per heavy atom. The van der Waals surface area contributed by atoms with Gasteiger partial charge in [-0.15, -0.1) is 0 Å². The molecule has 1 heterocycles. The van der Waals surface area contributed by atoms with E-state index >= 15 is 0 Å². The van der Waals surface area contributed by atoms with E-state index in [1.165, 1.54) is 0 Å². The van der Waals surface area contributed by atoms with Crippen molar-refractivity contribution in [3.63, 3.8) is 0 Å². The van der Waals surface area contributed by atoms with E-state index in [1.54, 1.807) is 19.5 Å². The molecular weight excluding hydrogens is 180 g/mol. The van der Waals surface area contributed by atoms with Gasteiger partial charge in [-0.05, 0) is 18.4 Å². The lowest BCUT2D eigenvalue weighted by Crippen LogP contribution is -2.38. The van der Waals surface area contributed by atoms with Crippen molar-refractivity contribution in [1.29, 1.82) is 0 Å². The second-order valence-electron chi connectivity index (χ2n) is 3.66. The summed E-state index contributed by atoms with van der Waals surface area (Å²) < 4.78 is 11.1. The molecule has 14 heavy (non-hydrogen) atoms. The van der Waals surface area contributed by atoms with Gasteiger partial charge in [0.05, 0.1) is 6.10 Å². The van der Waals surface area contributed by atoms with Crippen LogP contribution >= 0.6 is 0 Å². The van der Waals surface area contributed by atoms with Gasteiger partial charge in [-0.3, -0.25) is 4.99 Å². The molecular formula is C10H16N2O2. The molecule has 1 aliphatic carbocycles. The minimum absolute atomic E-state index is 0.0324. The van der Waals surface area contributed by atoms with Gasteiger partial charge < -0.3 is 15.2 Å². The Balaban J connectivity index is 2.05. The number of nitrogens with two attached hydrogens (primary N) is 1. The normalized spacial score (nSPS) is 31.7. The van der Waals surface area contributed by atoms with Crippen LogP contribution < -0.4 is 5.73 Å². The molecule has 4 nitrogen and oxygen atoms in total. The lowest BCUT2D eigenvalue weighted by atomic mass is 10.0. The summed E-state index contributed by atoms with van der Waals surface area (Å²) >= 11 is 0. The van der Waals surface area contributed by atoms with Crippen LogP contribution in [0.3, 0.4) is 0 Å². The number of methoxy groups -OCH3 is 1. The summed E-state index contributed by atoms with van der Waals surface area (Å²) in [5.41, 5.74) is 6.65. The first-order valence-electron chi connectivity index (χ1n) is 4.95. The van der Waals surface area contributed by atoms with Gasteiger partial charge in [0.2, 0.25) is 0 Å². The quantitative estimate of drug-likeness (QED) is 0.711. The summed E-state index contributed by atoms with van der Waals surface area (Å²) in [5.74, 6) is 0. The molecule has 0 amide bonds. The van der Waals surface area contributed by atoms with Gasteiger partial charge in [0, 0.05) is 26.1 Å². The first kappa shape index (κ1) is 9.83. The van der Waals surface area contributed by atoms with Crippen LogP contribution in [-0.4, -0.2) is 38.2 Å². The Hall–Kier alpha value is -0.710. The zero-order chi connectivity index (χ0) is 9.97. The van der Waals surface area contributed by atoms with Gasteiger partial charge in [-0.1, -0.05) is 0 Å². The predicted molar refractivity (Wildman–Crippen MR) is 54.3 cm³/mol. The molecule has 1 saturated carbocycles. The van der Waals surface area contributed by atoms with Crippen molar-refractivity contribution < 1.29 is 9.47 Å². The fourth-order valence-electron chi connectivity index (χ4n) is 1.52. The van der Waals surface area contributed by atoms with Gasteiger partial charge in [0.1, 0.15) is 12.2 Å². The zero-order valence-electron chi connectivity index (χ0n) is 8.35. The fourth-order valence-corrected chi connectivity index (χ4v) is 1.52. The molecule has 0 aromatic heterocycles. The third-order valence-corrected chi connectivity index (χ3v) is 2.51. The summed E-state index contributed by atoms with van der Waals surface area (Å²) in [6.07, 6.45) is 6.15. The highest BCUT2D eigenvalue weighted by Crippen LogP contribution is 2.29. The van der Waals surface area contributed by atoms with E-state index in [-0.39, 0.29) is 12.2 Å². The monoisotopic (exact) mass is 196 g/mol.